The summed E-state index contributed by atoms with van der Waals surface area (Å²) in [6.45, 7) is 2.23. The second kappa shape index (κ2) is 5.41. The number of nitrogens with two attached hydrogens (primary N) is 1. The first-order valence-corrected chi connectivity index (χ1v) is 5.26. The third kappa shape index (κ3) is 2.80. The zero-order chi connectivity index (χ0) is 12.1. The second-order valence-corrected chi connectivity index (χ2v) is 3.36. The van der Waals surface area contributed by atoms with Crippen molar-refractivity contribution < 1.29 is 4.74 Å². The van der Waals surface area contributed by atoms with Crippen LogP contribution in [0, 0.1) is 0 Å². The molecule has 0 aliphatic carbocycles. The number of aromatic amines is 1. The molecule has 0 aromatic carbocycles. The van der Waals surface area contributed by atoms with Crippen molar-refractivity contribution in [2.75, 3.05) is 31.6 Å². The molecule has 0 atom stereocenters. The Morgan fingerprint density at radius 2 is 2.41 bits per heavy atom. The molecule has 8 heteroatoms. The molecule has 0 saturated heterocycles. The summed E-state index contributed by atoms with van der Waals surface area (Å²) in [5.74, 6) is 0.646. The number of rotatable bonds is 6. The van der Waals surface area contributed by atoms with E-state index in [0.717, 1.165) is 0 Å². The Morgan fingerprint density at radius 1 is 1.53 bits per heavy atom. The Morgan fingerprint density at radius 3 is 3.24 bits per heavy atom. The molecule has 0 amide bonds. The maximum atomic E-state index is 11.2. The van der Waals surface area contributed by atoms with Gasteiger partial charge in [-0.15, -0.1) is 0 Å². The lowest BCUT2D eigenvalue weighted by Gasteiger charge is -2.05. The fourth-order valence-corrected chi connectivity index (χ4v) is 1.34. The molecule has 0 saturated carbocycles. The number of hydrogen-bond acceptors (Lipinski definition) is 6. The summed E-state index contributed by atoms with van der Waals surface area (Å²) < 4.78 is 6.53. The van der Waals surface area contributed by atoms with Gasteiger partial charge in [0.25, 0.3) is 0 Å². The standard InChI is InChI=1S/C9H14N6O2/c10-1-3-17-4-2-11-7-5-8-13-14-9(16)15(8)6-12-7/h5-6,11H,1-4,10H2,(H,14,16). The van der Waals surface area contributed by atoms with Crippen LogP contribution in [0.3, 0.4) is 0 Å². The van der Waals surface area contributed by atoms with Crippen LogP contribution in [0.2, 0.25) is 0 Å². The van der Waals surface area contributed by atoms with Gasteiger partial charge in [-0.2, -0.15) is 5.10 Å². The van der Waals surface area contributed by atoms with Crippen LogP contribution in [-0.4, -0.2) is 45.9 Å². The molecular formula is C9H14N6O2. The van der Waals surface area contributed by atoms with Crippen molar-refractivity contribution in [3.05, 3.63) is 22.9 Å². The molecule has 0 aliphatic heterocycles. The number of nitrogens with zero attached hydrogens (tertiary/aromatic N) is 3. The predicted molar refractivity (Wildman–Crippen MR) is 62.0 cm³/mol. The van der Waals surface area contributed by atoms with E-state index >= 15 is 0 Å². The molecule has 92 valence electrons. The molecule has 4 N–H and O–H groups in total. The number of nitrogens with one attached hydrogen (secondary N) is 2. The van der Waals surface area contributed by atoms with Crippen molar-refractivity contribution in [1.82, 2.24) is 19.6 Å². The zero-order valence-corrected chi connectivity index (χ0v) is 9.22. The molecule has 0 unspecified atom stereocenters. The van der Waals surface area contributed by atoms with Crippen molar-refractivity contribution in [2.24, 2.45) is 5.73 Å². The molecule has 17 heavy (non-hydrogen) atoms. The highest BCUT2D eigenvalue weighted by Gasteiger charge is 2.01. The first-order valence-electron chi connectivity index (χ1n) is 5.26. The van der Waals surface area contributed by atoms with Crippen LogP contribution in [-0.2, 0) is 4.74 Å². The van der Waals surface area contributed by atoms with Crippen LogP contribution in [0.15, 0.2) is 17.2 Å². The van der Waals surface area contributed by atoms with E-state index < -0.39 is 0 Å². The van der Waals surface area contributed by atoms with Gasteiger partial charge in [-0.3, -0.25) is 0 Å². The van der Waals surface area contributed by atoms with Gasteiger partial charge in [0.05, 0.1) is 13.2 Å². The van der Waals surface area contributed by atoms with E-state index in [4.69, 9.17) is 10.5 Å². The minimum absolute atomic E-state index is 0.301. The van der Waals surface area contributed by atoms with Crippen LogP contribution >= 0.6 is 0 Å². The van der Waals surface area contributed by atoms with E-state index in [1.54, 1.807) is 6.07 Å². The SMILES string of the molecule is NCCOCCNc1cc2n[nH]c(=O)n2cn1. The highest BCUT2D eigenvalue weighted by molar-refractivity contribution is 5.48. The molecule has 2 rings (SSSR count). The van der Waals surface area contributed by atoms with E-state index in [9.17, 15) is 4.79 Å². The van der Waals surface area contributed by atoms with Crippen molar-refractivity contribution >= 4 is 11.5 Å². The van der Waals surface area contributed by atoms with Gasteiger partial charge in [-0.25, -0.2) is 19.3 Å². The van der Waals surface area contributed by atoms with Crippen molar-refractivity contribution in [1.29, 1.82) is 0 Å². The average molecular weight is 238 g/mol. The van der Waals surface area contributed by atoms with Gasteiger partial charge in [0, 0.05) is 19.2 Å². The summed E-state index contributed by atoms with van der Waals surface area (Å²) >= 11 is 0. The summed E-state index contributed by atoms with van der Waals surface area (Å²) in [4.78, 5) is 15.2. The largest absolute Gasteiger partial charge is 0.378 e. The highest BCUT2D eigenvalue weighted by atomic mass is 16.5. The predicted octanol–water partition coefficient (Wildman–Crippen LogP) is -1.20. The molecule has 2 aromatic heterocycles. The summed E-state index contributed by atoms with van der Waals surface area (Å²) in [5, 5.41) is 9.23. The third-order valence-electron chi connectivity index (χ3n) is 2.12. The molecule has 0 aliphatic rings. The van der Waals surface area contributed by atoms with Crippen molar-refractivity contribution in [2.45, 2.75) is 0 Å². The second-order valence-electron chi connectivity index (χ2n) is 3.36. The van der Waals surface area contributed by atoms with E-state index in [0.29, 0.717) is 37.8 Å². The van der Waals surface area contributed by atoms with E-state index in [2.05, 4.69) is 20.5 Å². The van der Waals surface area contributed by atoms with Crippen molar-refractivity contribution in [3.8, 4) is 0 Å². The number of fused-ring (bicyclic) bond motifs is 1. The first-order chi connectivity index (χ1) is 8.31. The van der Waals surface area contributed by atoms with Gasteiger partial charge in [0.15, 0.2) is 5.65 Å². The van der Waals surface area contributed by atoms with Crippen LogP contribution in [0.25, 0.3) is 5.65 Å². The van der Waals surface area contributed by atoms with Crippen LogP contribution in [0.1, 0.15) is 0 Å². The molecule has 0 radical (unpaired) electrons. The maximum Gasteiger partial charge on any atom is 0.348 e. The monoisotopic (exact) mass is 238 g/mol. The van der Waals surface area contributed by atoms with Crippen molar-refractivity contribution in [3.63, 3.8) is 0 Å². The minimum atomic E-state index is -0.301. The number of anilines is 1. The molecule has 0 bridgehead atoms. The van der Waals surface area contributed by atoms with Gasteiger partial charge >= 0.3 is 5.69 Å². The number of ether oxygens (including phenoxy) is 1. The topological polar surface area (TPSA) is 110 Å². The van der Waals surface area contributed by atoms with Crippen LogP contribution in [0.5, 0.6) is 0 Å². The Kier molecular flexibility index (Phi) is 3.68. The average Bonchev–Trinajstić information content (AvgIpc) is 2.71. The van der Waals surface area contributed by atoms with Gasteiger partial charge < -0.3 is 15.8 Å². The number of H-pyrrole nitrogens is 1. The number of hydrogen-bond donors (Lipinski definition) is 3. The summed E-state index contributed by atoms with van der Waals surface area (Å²) in [7, 11) is 0. The fourth-order valence-electron chi connectivity index (χ4n) is 1.34. The zero-order valence-electron chi connectivity index (χ0n) is 9.22. The van der Waals surface area contributed by atoms with Gasteiger partial charge in [-0.05, 0) is 0 Å². The Bertz CT molecular complexity index is 534. The Hall–Kier alpha value is -1.93. The Labute approximate surface area is 96.8 Å². The lowest BCUT2D eigenvalue weighted by atomic mass is 10.5. The molecule has 0 spiro atoms. The van der Waals surface area contributed by atoms with Crippen LogP contribution < -0.4 is 16.7 Å². The first kappa shape index (κ1) is 11.6. The molecule has 2 aromatic rings. The van der Waals surface area contributed by atoms with Gasteiger partial charge in [0.2, 0.25) is 0 Å². The lowest BCUT2D eigenvalue weighted by molar-refractivity contribution is 0.151. The summed E-state index contributed by atoms with van der Waals surface area (Å²) in [6.07, 6.45) is 1.42. The van der Waals surface area contributed by atoms with Gasteiger partial charge in [-0.1, -0.05) is 0 Å². The molecule has 8 nitrogen and oxygen atoms in total. The number of aromatic nitrogens is 4. The highest BCUT2D eigenvalue weighted by Crippen LogP contribution is 2.03. The summed E-state index contributed by atoms with van der Waals surface area (Å²) in [6, 6.07) is 1.68. The fraction of sp³-hybridized carbons (Fsp3) is 0.444. The smallest absolute Gasteiger partial charge is 0.348 e. The maximum absolute atomic E-state index is 11.2. The van der Waals surface area contributed by atoms with E-state index in [1.165, 1.54) is 10.7 Å². The molecular weight excluding hydrogens is 224 g/mol. The normalized spacial score (nSPS) is 10.9. The molecule has 0 fully saturated rings. The van der Waals surface area contributed by atoms with Crippen LogP contribution in [0.4, 0.5) is 5.82 Å². The van der Waals surface area contributed by atoms with E-state index in [-0.39, 0.29) is 5.69 Å². The third-order valence-corrected chi connectivity index (χ3v) is 2.12. The quantitative estimate of drug-likeness (QED) is 0.545. The summed E-state index contributed by atoms with van der Waals surface area (Å²) in [5.41, 5.74) is 5.51. The Balaban J connectivity index is 1.93. The van der Waals surface area contributed by atoms with Gasteiger partial charge in [0.1, 0.15) is 12.1 Å². The molecule has 2 heterocycles. The lowest BCUT2D eigenvalue weighted by Crippen LogP contribution is -2.15. The minimum Gasteiger partial charge on any atom is -0.378 e. The van der Waals surface area contributed by atoms with E-state index in [1.807, 2.05) is 0 Å².